The highest BCUT2D eigenvalue weighted by atomic mass is 19.4. The molecule has 2 heterocycles. The van der Waals surface area contributed by atoms with Crippen LogP contribution in [0.25, 0.3) is 11.3 Å². The number of hydrogen-bond acceptors (Lipinski definition) is 3. The summed E-state index contributed by atoms with van der Waals surface area (Å²) in [7, 11) is 0. The number of hydrogen-bond donors (Lipinski definition) is 1. The summed E-state index contributed by atoms with van der Waals surface area (Å²) in [6.45, 7) is 1.29. The van der Waals surface area contributed by atoms with Crippen molar-refractivity contribution in [3.63, 3.8) is 0 Å². The number of carbonyl (C=O) groups excluding carboxylic acids is 1. The van der Waals surface area contributed by atoms with Crippen molar-refractivity contribution in [3.05, 3.63) is 53.7 Å². The summed E-state index contributed by atoms with van der Waals surface area (Å²) in [5, 5.41) is 0. The van der Waals surface area contributed by atoms with Gasteiger partial charge >= 0.3 is 6.18 Å². The van der Waals surface area contributed by atoms with Crippen molar-refractivity contribution >= 4 is 5.91 Å². The Bertz CT molecular complexity index is 774. The SMILES string of the molecule is NC1CCCN(C(=O)c2ccc(-c3cccc(C(F)(F)F)n3)cc2)CC1. The third-order valence-corrected chi connectivity index (χ3v) is 4.53. The number of nitrogens with zero attached hydrogens (tertiary/aromatic N) is 2. The van der Waals surface area contributed by atoms with Gasteiger partial charge in [-0.2, -0.15) is 13.2 Å². The van der Waals surface area contributed by atoms with Gasteiger partial charge in [0.1, 0.15) is 5.69 Å². The Balaban J connectivity index is 1.77. The molecule has 0 bridgehead atoms. The van der Waals surface area contributed by atoms with E-state index in [2.05, 4.69) is 4.98 Å². The van der Waals surface area contributed by atoms with Crippen molar-refractivity contribution < 1.29 is 18.0 Å². The minimum absolute atomic E-state index is 0.0809. The van der Waals surface area contributed by atoms with Crippen LogP contribution in [0.15, 0.2) is 42.5 Å². The Morgan fingerprint density at radius 1 is 1.08 bits per heavy atom. The van der Waals surface area contributed by atoms with E-state index in [1.54, 1.807) is 29.2 Å². The van der Waals surface area contributed by atoms with E-state index in [-0.39, 0.29) is 17.6 Å². The summed E-state index contributed by atoms with van der Waals surface area (Å²) in [6.07, 6.45) is -1.93. The first-order chi connectivity index (χ1) is 12.3. The highest BCUT2D eigenvalue weighted by Crippen LogP contribution is 2.29. The number of benzene rings is 1. The number of aromatic nitrogens is 1. The van der Waals surface area contributed by atoms with Crippen LogP contribution in [0, 0.1) is 0 Å². The van der Waals surface area contributed by atoms with Crippen LogP contribution in [-0.2, 0) is 6.18 Å². The third-order valence-electron chi connectivity index (χ3n) is 4.53. The van der Waals surface area contributed by atoms with Gasteiger partial charge in [-0.3, -0.25) is 4.79 Å². The molecule has 26 heavy (non-hydrogen) atoms. The van der Waals surface area contributed by atoms with Crippen molar-refractivity contribution in [1.82, 2.24) is 9.88 Å². The Hall–Kier alpha value is -2.41. The van der Waals surface area contributed by atoms with Gasteiger partial charge in [0.05, 0.1) is 5.69 Å². The summed E-state index contributed by atoms with van der Waals surface area (Å²) in [5.74, 6) is -0.0809. The van der Waals surface area contributed by atoms with Crippen LogP contribution in [0.4, 0.5) is 13.2 Å². The van der Waals surface area contributed by atoms with Gasteiger partial charge in [-0.1, -0.05) is 18.2 Å². The number of alkyl halides is 3. The average molecular weight is 363 g/mol. The van der Waals surface area contributed by atoms with Crippen LogP contribution >= 0.6 is 0 Å². The third kappa shape index (κ3) is 4.22. The fourth-order valence-electron chi connectivity index (χ4n) is 3.04. The van der Waals surface area contributed by atoms with E-state index < -0.39 is 11.9 Å². The molecular formula is C19H20F3N3O. The smallest absolute Gasteiger partial charge is 0.339 e. The Morgan fingerprint density at radius 3 is 2.50 bits per heavy atom. The van der Waals surface area contributed by atoms with Gasteiger partial charge in [0, 0.05) is 30.3 Å². The van der Waals surface area contributed by atoms with Gasteiger partial charge in [0.2, 0.25) is 0 Å². The molecule has 4 nitrogen and oxygen atoms in total. The summed E-state index contributed by atoms with van der Waals surface area (Å²) in [4.78, 5) is 18.1. The lowest BCUT2D eigenvalue weighted by molar-refractivity contribution is -0.141. The number of halogens is 3. The first kappa shape index (κ1) is 18.4. The molecule has 1 fully saturated rings. The van der Waals surface area contributed by atoms with Gasteiger partial charge in [0.25, 0.3) is 5.91 Å². The van der Waals surface area contributed by atoms with Crippen molar-refractivity contribution in [3.8, 4) is 11.3 Å². The Labute approximate surface area is 149 Å². The molecule has 138 valence electrons. The van der Waals surface area contributed by atoms with Gasteiger partial charge in [0.15, 0.2) is 0 Å². The first-order valence-corrected chi connectivity index (χ1v) is 8.54. The van der Waals surface area contributed by atoms with Gasteiger partial charge in [-0.25, -0.2) is 4.98 Å². The zero-order chi connectivity index (χ0) is 18.7. The molecule has 1 aromatic carbocycles. The number of likely N-dealkylation sites (tertiary alicyclic amines) is 1. The molecule has 1 aromatic heterocycles. The average Bonchev–Trinajstić information content (AvgIpc) is 2.85. The summed E-state index contributed by atoms with van der Waals surface area (Å²) in [5.41, 5.74) is 6.27. The molecule has 7 heteroatoms. The number of nitrogens with two attached hydrogens (primary N) is 1. The lowest BCUT2D eigenvalue weighted by atomic mass is 10.1. The van der Waals surface area contributed by atoms with Crippen LogP contribution in [0.1, 0.15) is 35.3 Å². The van der Waals surface area contributed by atoms with Gasteiger partial charge < -0.3 is 10.6 Å². The van der Waals surface area contributed by atoms with Crippen LogP contribution in [0.5, 0.6) is 0 Å². The molecule has 2 aromatic rings. The fourth-order valence-corrected chi connectivity index (χ4v) is 3.04. The second-order valence-corrected chi connectivity index (χ2v) is 6.47. The standard InChI is InChI=1S/C19H20F3N3O/c20-19(21,22)17-5-1-4-16(24-17)13-6-8-14(9-7-13)18(26)25-11-2-3-15(23)10-12-25/h1,4-9,15H,2-3,10-12,23H2. The monoisotopic (exact) mass is 363 g/mol. The van der Waals surface area contributed by atoms with Crippen molar-refractivity contribution in [2.45, 2.75) is 31.5 Å². The normalized spacial score (nSPS) is 18.5. The van der Waals surface area contributed by atoms with Crippen LogP contribution < -0.4 is 5.73 Å². The molecule has 1 amide bonds. The molecule has 1 aliphatic heterocycles. The highest BCUT2D eigenvalue weighted by molar-refractivity contribution is 5.94. The zero-order valence-corrected chi connectivity index (χ0v) is 14.2. The molecule has 0 radical (unpaired) electrons. The molecule has 0 spiro atoms. The highest BCUT2D eigenvalue weighted by Gasteiger charge is 2.32. The molecule has 2 N–H and O–H groups in total. The molecule has 3 rings (SSSR count). The molecule has 1 saturated heterocycles. The number of pyridine rings is 1. The van der Waals surface area contributed by atoms with Gasteiger partial charge in [-0.05, 0) is 43.5 Å². The Morgan fingerprint density at radius 2 is 1.81 bits per heavy atom. The van der Waals surface area contributed by atoms with Crippen LogP contribution in [0.3, 0.4) is 0 Å². The second kappa shape index (κ2) is 7.45. The van der Waals surface area contributed by atoms with Crippen LogP contribution in [0.2, 0.25) is 0 Å². The topological polar surface area (TPSA) is 59.2 Å². The maximum absolute atomic E-state index is 12.8. The summed E-state index contributed by atoms with van der Waals surface area (Å²) >= 11 is 0. The predicted octanol–water partition coefficient (Wildman–Crippen LogP) is 3.72. The minimum Gasteiger partial charge on any atom is -0.339 e. The van der Waals surface area contributed by atoms with Crippen molar-refractivity contribution in [2.75, 3.05) is 13.1 Å². The zero-order valence-electron chi connectivity index (χ0n) is 14.2. The summed E-state index contributed by atoms with van der Waals surface area (Å²) in [6, 6.07) is 10.4. The number of amides is 1. The van der Waals surface area contributed by atoms with E-state index in [1.807, 2.05) is 0 Å². The minimum atomic E-state index is -4.49. The molecule has 0 saturated carbocycles. The van der Waals surface area contributed by atoms with Crippen molar-refractivity contribution in [1.29, 1.82) is 0 Å². The van der Waals surface area contributed by atoms with E-state index in [1.165, 1.54) is 12.1 Å². The molecule has 1 unspecified atom stereocenters. The van der Waals surface area contributed by atoms with E-state index >= 15 is 0 Å². The number of rotatable bonds is 2. The lowest BCUT2D eigenvalue weighted by Gasteiger charge is -2.20. The maximum atomic E-state index is 12.8. The van der Waals surface area contributed by atoms with E-state index in [0.29, 0.717) is 24.2 Å². The second-order valence-electron chi connectivity index (χ2n) is 6.47. The largest absolute Gasteiger partial charge is 0.433 e. The first-order valence-electron chi connectivity index (χ1n) is 8.54. The fraction of sp³-hybridized carbons (Fsp3) is 0.368. The number of carbonyl (C=O) groups is 1. The molecule has 1 aliphatic rings. The summed E-state index contributed by atoms with van der Waals surface area (Å²) < 4.78 is 38.4. The lowest BCUT2D eigenvalue weighted by Crippen LogP contribution is -2.32. The maximum Gasteiger partial charge on any atom is 0.433 e. The molecule has 0 aliphatic carbocycles. The van der Waals surface area contributed by atoms with E-state index in [4.69, 9.17) is 5.73 Å². The predicted molar refractivity (Wildman–Crippen MR) is 92.4 cm³/mol. The quantitative estimate of drug-likeness (QED) is 0.885. The Kier molecular flexibility index (Phi) is 5.27. The molecule has 1 atom stereocenters. The molecular weight excluding hydrogens is 343 g/mol. The van der Waals surface area contributed by atoms with E-state index in [0.717, 1.165) is 25.3 Å². The van der Waals surface area contributed by atoms with E-state index in [9.17, 15) is 18.0 Å². The van der Waals surface area contributed by atoms with Crippen molar-refractivity contribution in [2.24, 2.45) is 5.73 Å². The van der Waals surface area contributed by atoms with Crippen LogP contribution in [-0.4, -0.2) is 34.9 Å². The van der Waals surface area contributed by atoms with Gasteiger partial charge in [-0.15, -0.1) is 0 Å².